The van der Waals surface area contributed by atoms with Crippen molar-refractivity contribution in [2.45, 2.75) is 49.9 Å². The Hall–Kier alpha value is -4.28. The number of aliphatic carboxylic acids is 2. The molecule has 51 heavy (non-hydrogen) atoms. The molecule has 2 aromatic heterocycles. The summed E-state index contributed by atoms with van der Waals surface area (Å²) in [5, 5.41) is 32.4. The molecule has 2 aromatic carbocycles. The van der Waals surface area contributed by atoms with E-state index < -0.39 is 58.4 Å². The number of hydrogen-bond acceptors (Lipinski definition) is 10. The van der Waals surface area contributed by atoms with Gasteiger partial charge < -0.3 is 34.8 Å². The van der Waals surface area contributed by atoms with Crippen molar-refractivity contribution in [3.63, 3.8) is 0 Å². The zero-order valence-corrected chi connectivity index (χ0v) is 30.8. The van der Waals surface area contributed by atoms with E-state index in [-0.39, 0.29) is 65.3 Å². The summed E-state index contributed by atoms with van der Waals surface area (Å²) in [5.41, 5.74) is 0.0342. The van der Waals surface area contributed by atoms with Crippen molar-refractivity contribution < 1.29 is 43.2 Å². The van der Waals surface area contributed by atoms with Gasteiger partial charge in [-0.2, -0.15) is 0 Å². The Morgan fingerprint density at radius 1 is 0.843 bits per heavy atom. The summed E-state index contributed by atoms with van der Waals surface area (Å²) in [6.07, 6.45) is 0. The number of carboxylic acid groups (broad SMARTS) is 2. The van der Waals surface area contributed by atoms with Gasteiger partial charge in [0.2, 0.25) is 5.91 Å². The predicted octanol–water partition coefficient (Wildman–Crippen LogP) is 5.97. The third kappa shape index (κ3) is 7.26. The molecule has 4 N–H and O–H groups in total. The number of aromatic nitrogens is 2. The molecule has 1 aliphatic rings. The molecule has 3 unspecified atom stereocenters. The van der Waals surface area contributed by atoms with Gasteiger partial charge in [-0.15, -0.1) is 11.8 Å². The maximum absolute atomic E-state index is 13.9. The number of thioether (sulfide) groups is 1. The third-order valence-corrected chi connectivity index (χ3v) is 10.8. The van der Waals surface area contributed by atoms with Crippen LogP contribution in [0.2, 0.25) is 20.1 Å². The van der Waals surface area contributed by atoms with Crippen molar-refractivity contribution in [2.75, 3.05) is 6.54 Å². The lowest BCUT2D eigenvalue weighted by Crippen LogP contribution is -2.59. The highest BCUT2D eigenvalue weighted by atomic mass is 35.5. The topological polar surface area (TPSA) is 205 Å². The first-order valence-corrected chi connectivity index (χ1v) is 17.2. The Bertz CT molecular complexity index is 2040. The Morgan fingerprint density at radius 2 is 1.29 bits per heavy atom. The highest BCUT2D eigenvalue weighted by molar-refractivity contribution is 8.01. The lowest BCUT2D eigenvalue weighted by atomic mass is 10.0. The van der Waals surface area contributed by atoms with Gasteiger partial charge in [0.05, 0.1) is 26.6 Å². The van der Waals surface area contributed by atoms with Crippen LogP contribution >= 0.6 is 58.2 Å². The first kappa shape index (κ1) is 38.0. The Balaban J connectivity index is 1.45. The van der Waals surface area contributed by atoms with Crippen LogP contribution in [0.4, 0.5) is 0 Å². The second-order valence-corrected chi connectivity index (χ2v) is 15.1. The third-order valence-electron chi connectivity index (χ3n) is 7.97. The van der Waals surface area contributed by atoms with Crippen molar-refractivity contribution in [2.24, 2.45) is 0 Å². The molecule has 0 bridgehead atoms. The SMILES string of the molecule is Cc1onc(-c2c(Cl)cccc2Cl)c1C(=O)NCC(=O)N1C(C(NC(=O)c2c(-c3c(Cl)cccc3Cl)noc2C)C(=O)O)SC(C)(C)C1C(=O)O. The second-order valence-electron chi connectivity index (χ2n) is 11.7. The average molecular weight is 799 g/mol. The van der Waals surface area contributed by atoms with E-state index in [2.05, 4.69) is 20.9 Å². The van der Waals surface area contributed by atoms with Crippen LogP contribution in [0.3, 0.4) is 0 Å². The highest BCUT2D eigenvalue weighted by Gasteiger charge is 2.57. The van der Waals surface area contributed by atoms with Gasteiger partial charge in [-0.3, -0.25) is 14.4 Å². The minimum Gasteiger partial charge on any atom is -0.480 e. The van der Waals surface area contributed by atoms with Gasteiger partial charge in [-0.1, -0.05) is 68.8 Å². The van der Waals surface area contributed by atoms with E-state index in [1.807, 2.05) is 0 Å². The fraction of sp³-hybridized carbons (Fsp3) is 0.281. The number of rotatable bonds is 10. The van der Waals surface area contributed by atoms with E-state index in [4.69, 9.17) is 55.4 Å². The number of amides is 3. The molecule has 0 saturated carbocycles. The van der Waals surface area contributed by atoms with Crippen LogP contribution in [-0.2, 0) is 14.4 Å². The molecule has 0 aliphatic carbocycles. The van der Waals surface area contributed by atoms with E-state index in [0.29, 0.717) is 0 Å². The van der Waals surface area contributed by atoms with E-state index in [0.717, 1.165) is 16.7 Å². The summed E-state index contributed by atoms with van der Waals surface area (Å²) in [6.45, 7) is 5.11. The molecule has 0 spiro atoms. The molecule has 3 heterocycles. The molecule has 1 fully saturated rings. The van der Waals surface area contributed by atoms with Gasteiger partial charge >= 0.3 is 11.9 Å². The molecule has 5 rings (SSSR count). The number of halogens is 4. The molecule has 1 aliphatic heterocycles. The number of hydrogen-bond donors (Lipinski definition) is 4. The quantitative estimate of drug-likeness (QED) is 0.146. The van der Waals surface area contributed by atoms with Crippen molar-refractivity contribution in [1.29, 1.82) is 0 Å². The Labute approximate surface area is 313 Å². The standard InChI is InChI=1S/C32H27Cl4N5O9S/c1-12-19(23(39-49-12)21-14(33)7-5-8-15(21)34)27(43)37-11-18(42)41-26(31(47)48)32(3,4)51-29(41)25(30(45)46)38-28(44)20-13(2)50-40-24(20)22-16(35)9-6-10-17(22)36/h5-10,25-26,29H,11H2,1-4H3,(H,37,43)(H,38,44)(H,45,46)(H,47,48). The summed E-state index contributed by atoms with van der Waals surface area (Å²) in [5.74, 6) is -5.73. The predicted molar refractivity (Wildman–Crippen MR) is 188 cm³/mol. The summed E-state index contributed by atoms with van der Waals surface area (Å²) in [4.78, 5) is 67.3. The molecule has 3 atom stereocenters. The summed E-state index contributed by atoms with van der Waals surface area (Å²) < 4.78 is 9.21. The fourth-order valence-corrected chi connectivity index (χ4v) is 8.51. The number of nitrogens with zero attached hydrogens (tertiary/aromatic N) is 3. The summed E-state index contributed by atoms with van der Waals surface area (Å²) >= 11 is 26.2. The first-order valence-electron chi connectivity index (χ1n) is 14.8. The monoisotopic (exact) mass is 797 g/mol. The van der Waals surface area contributed by atoms with Crippen molar-refractivity contribution in [1.82, 2.24) is 25.8 Å². The molecule has 4 aromatic rings. The normalized spacial score (nSPS) is 17.2. The summed E-state index contributed by atoms with van der Waals surface area (Å²) in [6, 6.07) is 5.81. The van der Waals surface area contributed by atoms with Crippen molar-refractivity contribution in [3.05, 3.63) is 79.1 Å². The number of carbonyl (C=O) groups is 5. The van der Waals surface area contributed by atoms with Crippen LogP contribution in [-0.4, -0.2) is 83.8 Å². The molecule has 268 valence electrons. The molecular formula is C32H27Cl4N5O9S. The Morgan fingerprint density at radius 3 is 1.73 bits per heavy atom. The lowest BCUT2D eigenvalue weighted by Gasteiger charge is -2.32. The van der Waals surface area contributed by atoms with Crippen LogP contribution in [0.25, 0.3) is 22.5 Å². The van der Waals surface area contributed by atoms with Crippen molar-refractivity contribution >= 4 is 87.8 Å². The van der Waals surface area contributed by atoms with Crippen molar-refractivity contribution in [3.8, 4) is 22.5 Å². The van der Waals surface area contributed by atoms with Crippen LogP contribution in [0.5, 0.6) is 0 Å². The van der Waals surface area contributed by atoms with Gasteiger partial charge in [0.1, 0.15) is 45.5 Å². The number of aryl methyl sites for hydroxylation is 2. The lowest BCUT2D eigenvalue weighted by molar-refractivity contribution is -0.152. The molecular weight excluding hydrogens is 772 g/mol. The van der Waals surface area contributed by atoms with Crippen LogP contribution in [0, 0.1) is 13.8 Å². The number of nitrogens with one attached hydrogen (secondary N) is 2. The highest BCUT2D eigenvalue weighted by Crippen LogP contribution is 2.46. The zero-order valence-electron chi connectivity index (χ0n) is 26.9. The molecule has 1 saturated heterocycles. The van der Waals surface area contributed by atoms with Crippen LogP contribution in [0.15, 0.2) is 45.4 Å². The van der Waals surface area contributed by atoms with E-state index in [9.17, 15) is 34.2 Å². The molecule has 14 nitrogen and oxygen atoms in total. The smallest absolute Gasteiger partial charge is 0.329 e. The Kier molecular flexibility index (Phi) is 11.0. The van der Waals surface area contributed by atoms with E-state index >= 15 is 0 Å². The second kappa shape index (κ2) is 14.8. The largest absolute Gasteiger partial charge is 0.480 e. The minimum atomic E-state index is -1.87. The van der Waals surface area contributed by atoms with Gasteiger partial charge in [-0.05, 0) is 52.0 Å². The van der Waals surface area contributed by atoms with Gasteiger partial charge in [0.15, 0.2) is 6.04 Å². The fourth-order valence-electron chi connectivity index (χ4n) is 5.72. The maximum atomic E-state index is 13.9. The van der Waals surface area contributed by atoms with Gasteiger partial charge in [0, 0.05) is 15.9 Å². The van der Waals surface area contributed by atoms with Crippen LogP contribution < -0.4 is 10.6 Å². The number of benzene rings is 2. The molecule has 3 amide bonds. The molecule has 0 radical (unpaired) electrons. The minimum absolute atomic E-state index is 0.00216. The van der Waals surface area contributed by atoms with E-state index in [1.165, 1.54) is 52.0 Å². The van der Waals surface area contributed by atoms with Crippen LogP contribution in [0.1, 0.15) is 46.1 Å². The van der Waals surface area contributed by atoms with E-state index in [1.54, 1.807) is 12.1 Å². The van der Waals surface area contributed by atoms with Gasteiger partial charge in [-0.25, -0.2) is 9.59 Å². The zero-order chi connectivity index (χ0) is 37.5. The first-order chi connectivity index (χ1) is 24.0. The maximum Gasteiger partial charge on any atom is 0.329 e. The number of carbonyl (C=O) groups excluding carboxylic acids is 3. The van der Waals surface area contributed by atoms with Gasteiger partial charge in [0.25, 0.3) is 11.8 Å². The summed E-state index contributed by atoms with van der Waals surface area (Å²) in [7, 11) is 0. The molecule has 19 heteroatoms. The average Bonchev–Trinajstić information content (AvgIpc) is 3.70. The number of carboxylic acids is 2.